The van der Waals surface area contributed by atoms with Crippen LogP contribution in [0, 0.1) is 13.8 Å². The van der Waals surface area contributed by atoms with Crippen LogP contribution in [0.2, 0.25) is 0 Å². The van der Waals surface area contributed by atoms with Crippen molar-refractivity contribution in [3.8, 4) is 5.75 Å². The molecule has 4 nitrogen and oxygen atoms in total. The second kappa shape index (κ2) is 7.71. The lowest BCUT2D eigenvalue weighted by Crippen LogP contribution is -2.28. The third-order valence-corrected chi connectivity index (χ3v) is 6.30. The van der Waals surface area contributed by atoms with Gasteiger partial charge in [0.2, 0.25) is 10.0 Å². The number of benzene rings is 3. The van der Waals surface area contributed by atoms with Crippen LogP contribution in [0.1, 0.15) is 36.1 Å². The van der Waals surface area contributed by atoms with E-state index in [0.717, 1.165) is 27.6 Å². The molecule has 5 heteroatoms. The van der Waals surface area contributed by atoms with E-state index in [1.165, 1.54) is 5.56 Å². The summed E-state index contributed by atoms with van der Waals surface area (Å²) in [7, 11) is -2.02. The Balaban J connectivity index is 1.94. The number of fused-ring (bicyclic) bond motifs is 1. The van der Waals surface area contributed by atoms with Gasteiger partial charge < -0.3 is 4.74 Å². The monoisotopic (exact) mass is 383 g/mol. The van der Waals surface area contributed by atoms with Gasteiger partial charge in [-0.25, -0.2) is 13.1 Å². The summed E-state index contributed by atoms with van der Waals surface area (Å²) in [6, 6.07) is 16.6. The van der Waals surface area contributed by atoms with E-state index in [1.54, 1.807) is 19.2 Å². The molecule has 0 aromatic heterocycles. The molecule has 0 fully saturated rings. The van der Waals surface area contributed by atoms with Crippen molar-refractivity contribution in [3.63, 3.8) is 0 Å². The minimum atomic E-state index is -3.64. The Hall–Kier alpha value is -2.37. The molecule has 0 amide bonds. The maximum absolute atomic E-state index is 13.0. The van der Waals surface area contributed by atoms with Gasteiger partial charge in [-0.1, -0.05) is 42.8 Å². The number of rotatable bonds is 6. The summed E-state index contributed by atoms with van der Waals surface area (Å²) in [6.45, 7) is 6.04. The summed E-state index contributed by atoms with van der Waals surface area (Å²) in [5.74, 6) is 0.747. The molecule has 0 aliphatic heterocycles. The Morgan fingerprint density at radius 3 is 2.33 bits per heavy atom. The zero-order valence-corrected chi connectivity index (χ0v) is 16.9. The van der Waals surface area contributed by atoms with Gasteiger partial charge in [0, 0.05) is 6.04 Å². The van der Waals surface area contributed by atoms with Gasteiger partial charge in [0.05, 0.1) is 12.0 Å². The molecular weight excluding hydrogens is 358 g/mol. The lowest BCUT2D eigenvalue weighted by Gasteiger charge is -2.20. The quantitative estimate of drug-likeness (QED) is 0.659. The first kappa shape index (κ1) is 19.4. The van der Waals surface area contributed by atoms with Crippen molar-refractivity contribution in [2.75, 3.05) is 7.11 Å². The van der Waals surface area contributed by atoms with Crippen molar-refractivity contribution < 1.29 is 13.2 Å². The Labute approximate surface area is 161 Å². The van der Waals surface area contributed by atoms with E-state index >= 15 is 0 Å². The van der Waals surface area contributed by atoms with Crippen molar-refractivity contribution in [3.05, 3.63) is 71.3 Å². The topological polar surface area (TPSA) is 55.4 Å². The number of methoxy groups -OCH3 is 1. The van der Waals surface area contributed by atoms with E-state index in [2.05, 4.69) is 10.8 Å². The van der Waals surface area contributed by atoms with Crippen molar-refractivity contribution >= 4 is 20.8 Å². The second-order valence-electron chi connectivity index (χ2n) is 6.82. The number of sulfonamides is 1. The van der Waals surface area contributed by atoms with Gasteiger partial charge in [-0.2, -0.15) is 0 Å². The van der Waals surface area contributed by atoms with Gasteiger partial charge in [-0.15, -0.1) is 0 Å². The fraction of sp³-hybridized carbons (Fsp3) is 0.273. The van der Waals surface area contributed by atoms with E-state index in [9.17, 15) is 8.42 Å². The maximum atomic E-state index is 13.0. The van der Waals surface area contributed by atoms with Gasteiger partial charge in [0.1, 0.15) is 5.75 Å². The van der Waals surface area contributed by atoms with Gasteiger partial charge in [0.15, 0.2) is 0 Å². The summed E-state index contributed by atoms with van der Waals surface area (Å²) >= 11 is 0. The Bertz CT molecular complexity index is 1070. The second-order valence-corrected chi connectivity index (χ2v) is 8.53. The summed E-state index contributed by atoms with van der Waals surface area (Å²) in [5.41, 5.74) is 3.27. The van der Waals surface area contributed by atoms with E-state index in [1.807, 2.05) is 57.2 Å². The molecule has 142 valence electrons. The molecule has 0 aliphatic carbocycles. The minimum absolute atomic E-state index is 0.262. The van der Waals surface area contributed by atoms with Crippen LogP contribution < -0.4 is 9.46 Å². The molecular formula is C22H25NO3S. The molecule has 0 saturated heterocycles. The highest BCUT2D eigenvalue weighted by molar-refractivity contribution is 7.89. The highest BCUT2D eigenvalue weighted by atomic mass is 32.2. The van der Waals surface area contributed by atoms with Crippen molar-refractivity contribution in [2.45, 2.75) is 38.1 Å². The van der Waals surface area contributed by atoms with Gasteiger partial charge in [-0.3, -0.25) is 0 Å². The van der Waals surface area contributed by atoms with Crippen LogP contribution >= 0.6 is 0 Å². The molecule has 3 aromatic carbocycles. The number of nitrogens with one attached hydrogen (secondary N) is 1. The average molecular weight is 384 g/mol. The lowest BCUT2D eigenvalue weighted by atomic mass is 9.98. The summed E-state index contributed by atoms with van der Waals surface area (Å²) < 4.78 is 34.1. The zero-order valence-electron chi connectivity index (χ0n) is 16.1. The van der Waals surface area contributed by atoms with Crippen LogP contribution in [0.4, 0.5) is 0 Å². The van der Waals surface area contributed by atoms with Crippen molar-refractivity contribution in [2.24, 2.45) is 0 Å². The highest BCUT2D eigenvalue weighted by Crippen LogP contribution is 2.27. The smallest absolute Gasteiger partial charge is 0.241 e. The number of aryl methyl sites for hydroxylation is 2. The Kier molecular flexibility index (Phi) is 5.53. The molecule has 0 spiro atoms. The van der Waals surface area contributed by atoms with Gasteiger partial charge in [0.25, 0.3) is 0 Å². The zero-order chi connectivity index (χ0) is 19.6. The summed E-state index contributed by atoms with van der Waals surface area (Å²) in [4.78, 5) is 0.267. The highest BCUT2D eigenvalue weighted by Gasteiger charge is 2.21. The maximum Gasteiger partial charge on any atom is 0.241 e. The molecule has 3 aromatic rings. The van der Waals surface area contributed by atoms with Crippen LogP contribution in [0.3, 0.4) is 0 Å². The van der Waals surface area contributed by atoms with Crippen LogP contribution in [0.15, 0.2) is 59.5 Å². The standard InChI is InChI=1S/C22H25NO3S/c1-5-22(21-11-6-15(2)12-16(21)3)23-27(24,25)20-10-8-17-13-19(26-4)9-7-18(17)14-20/h6-14,22-23H,5H2,1-4H3. The Morgan fingerprint density at radius 2 is 1.67 bits per heavy atom. The molecule has 0 saturated carbocycles. The van der Waals surface area contributed by atoms with Crippen LogP contribution in [0.5, 0.6) is 5.75 Å². The van der Waals surface area contributed by atoms with Gasteiger partial charge in [-0.05, 0) is 66.4 Å². The minimum Gasteiger partial charge on any atom is -0.497 e. The first-order valence-corrected chi connectivity index (χ1v) is 10.5. The molecule has 1 unspecified atom stereocenters. The molecule has 0 aliphatic rings. The fourth-order valence-electron chi connectivity index (χ4n) is 3.33. The van der Waals surface area contributed by atoms with Crippen LogP contribution in [0.25, 0.3) is 10.8 Å². The summed E-state index contributed by atoms with van der Waals surface area (Å²) in [5, 5.41) is 1.80. The van der Waals surface area contributed by atoms with E-state index < -0.39 is 10.0 Å². The molecule has 0 heterocycles. The third-order valence-electron chi connectivity index (χ3n) is 4.84. The molecule has 27 heavy (non-hydrogen) atoms. The number of hydrogen-bond acceptors (Lipinski definition) is 3. The number of ether oxygens (including phenoxy) is 1. The van der Waals surface area contributed by atoms with Crippen molar-refractivity contribution in [1.82, 2.24) is 4.72 Å². The molecule has 1 atom stereocenters. The summed E-state index contributed by atoms with van der Waals surface area (Å²) in [6.07, 6.45) is 0.675. The predicted molar refractivity (Wildman–Crippen MR) is 110 cm³/mol. The normalized spacial score (nSPS) is 12.9. The van der Waals surface area contributed by atoms with E-state index in [-0.39, 0.29) is 10.9 Å². The van der Waals surface area contributed by atoms with Gasteiger partial charge >= 0.3 is 0 Å². The number of hydrogen-bond donors (Lipinski definition) is 1. The van der Waals surface area contributed by atoms with Crippen molar-refractivity contribution in [1.29, 1.82) is 0 Å². The fourth-order valence-corrected chi connectivity index (χ4v) is 4.67. The lowest BCUT2D eigenvalue weighted by molar-refractivity contribution is 0.415. The third kappa shape index (κ3) is 4.15. The SMILES string of the molecule is CCC(NS(=O)(=O)c1ccc2cc(OC)ccc2c1)c1ccc(C)cc1C. The van der Waals surface area contributed by atoms with Crippen LogP contribution in [-0.4, -0.2) is 15.5 Å². The molecule has 0 radical (unpaired) electrons. The first-order valence-electron chi connectivity index (χ1n) is 9.01. The molecule has 0 bridgehead atoms. The average Bonchev–Trinajstić information content (AvgIpc) is 2.65. The molecule has 3 rings (SSSR count). The van der Waals surface area contributed by atoms with E-state index in [4.69, 9.17) is 4.74 Å². The van der Waals surface area contributed by atoms with Crippen LogP contribution in [-0.2, 0) is 10.0 Å². The first-order chi connectivity index (χ1) is 12.8. The largest absolute Gasteiger partial charge is 0.497 e. The molecule has 1 N–H and O–H groups in total. The Morgan fingerprint density at radius 1 is 0.963 bits per heavy atom. The van der Waals surface area contributed by atoms with E-state index in [0.29, 0.717) is 6.42 Å². The predicted octanol–water partition coefficient (Wildman–Crippen LogP) is 4.89.